The maximum Gasteiger partial charge on any atom is 0.0662 e. The lowest BCUT2D eigenvalue weighted by atomic mass is 10.1. The van der Waals surface area contributed by atoms with Gasteiger partial charge in [0.15, 0.2) is 0 Å². The molecule has 1 aromatic carbocycles. The number of benzene rings is 1. The molecule has 0 heterocycles. The summed E-state index contributed by atoms with van der Waals surface area (Å²) in [5, 5.41) is 0. The van der Waals surface area contributed by atoms with Gasteiger partial charge in [-0.15, -0.1) is 0 Å². The topological polar surface area (TPSA) is 35.2 Å². The highest BCUT2D eigenvalue weighted by molar-refractivity contribution is 5.18. The van der Waals surface area contributed by atoms with Crippen LogP contribution in [-0.4, -0.2) is 12.7 Å². The second kappa shape index (κ2) is 5.00. The van der Waals surface area contributed by atoms with Gasteiger partial charge in [0.25, 0.3) is 0 Å². The highest BCUT2D eigenvalue weighted by Crippen LogP contribution is 2.10. The van der Waals surface area contributed by atoms with E-state index in [4.69, 9.17) is 10.5 Å². The average molecular weight is 179 g/mol. The van der Waals surface area contributed by atoms with Gasteiger partial charge in [0.2, 0.25) is 0 Å². The highest BCUT2D eigenvalue weighted by Gasteiger charge is 2.05. The van der Waals surface area contributed by atoms with Crippen LogP contribution in [0, 0.1) is 0 Å². The summed E-state index contributed by atoms with van der Waals surface area (Å²) in [6, 6.07) is 10.0. The minimum Gasteiger partial charge on any atom is -0.377 e. The van der Waals surface area contributed by atoms with Crippen LogP contribution in [0.1, 0.15) is 25.5 Å². The van der Waals surface area contributed by atoms with Crippen molar-refractivity contribution in [1.82, 2.24) is 0 Å². The summed E-state index contributed by atoms with van der Waals surface area (Å²) in [5.74, 6) is 0. The Bertz CT molecular complexity index is 233. The molecule has 0 aliphatic rings. The summed E-state index contributed by atoms with van der Waals surface area (Å²) in [4.78, 5) is 0. The Kier molecular flexibility index (Phi) is 3.93. The third kappa shape index (κ3) is 3.57. The Morgan fingerprint density at radius 1 is 1.23 bits per heavy atom. The van der Waals surface area contributed by atoms with Crippen molar-refractivity contribution in [3.63, 3.8) is 0 Å². The van der Waals surface area contributed by atoms with Crippen molar-refractivity contribution in [2.75, 3.05) is 6.61 Å². The molecule has 2 nitrogen and oxygen atoms in total. The van der Waals surface area contributed by atoms with Crippen LogP contribution < -0.4 is 5.73 Å². The third-order valence-corrected chi connectivity index (χ3v) is 1.84. The van der Waals surface area contributed by atoms with Crippen molar-refractivity contribution in [2.45, 2.75) is 26.0 Å². The van der Waals surface area contributed by atoms with E-state index in [9.17, 15) is 0 Å². The van der Waals surface area contributed by atoms with Gasteiger partial charge in [-0.2, -0.15) is 0 Å². The summed E-state index contributed by atoms with van der Waals surface area (Å²) >= 11 is 0. The van der Waals surface area contributed by atoms with E-state index < -0.39 is 0 Å². The lowest BCUT2D eigenvalue weighted by Gasteiger charge is -2.14. The van der Waals surface area contributed by atoms with Crippen LogP contribution in [-0.2, 0) is 4.74 Å². The predicted octanol–water partition coefficient (Wildman–Crippen LogP) is 2.11. The summed E-state index contributed by atoms with van der Waals surface area (Å²) in [6.45, 7) is 4.61. The molecule has 13 heavy (non-hydrogen) atoms. The summed E-state index contributed by atoms with van der Waals surface area (Å²) in [5.41, 5.74) is 7.05. The zero-order valence-corrected chi connectivity index (χ0v) is 8.23. The largest absolute Gasteiger partial charge is 0.377 e. The first-order valence-electron chi connectivity index (χ1n) is 4.62. The Labute approximate surface area is 79.7 Å². The van der Waals surface area contributed by atoms with E-state index in [0.717, 1.165) is 5.56 Å². The van der Waals surface area contributed by atoms with E-state index in [2.05, 4.69) is 0 Å². The standard InChI is InChI=1S/C11H17NO/c1-9(2)13-8-11(12)10-6-4-3-5-7-10/h3-7,9,11H,8,12H2,1-2H3/t11-/m1/s1. The summed E-state index contributed by atoms with van der Waals surface area (Å²) in [7, 11) is 0. The Morgan fingerprint density at radius 2 is 1.85 bits per heavy atom. The number of rotatable bonds is 4. The Hall–Kier alpha value is -0.860. The van der Waals surface area contributed by atoms with Crippen LogP contribution >= 0.6 is 0 Å². The summed E-state index contributed by atoms with van der Waals surface area (Å²) in [6.07, 6.45) is 0.245. The Morgan fingerprint density at radius 3 is 2.38 bits per heavy atom. The molecule has 0 spiro atoms. The van der Waals surface area contributed by atoms with E-state index in [0.29, 0.717) is 6.61 Å². The molecular formula is C11H17NO. The maximum absolute atomic E-state index is 5.92. The summed E-state index contributed by atoms with van der Waals surface area (Å²) < 4.78 is 5.43. The van der Waals surface area contributed by atoms with Gasteiger partial charge in [-0.1, -0.05) is 30.3 Å². The van der Waals surface area contributed by atoms with Crippen LogP contribution in [0.4, 0.5) is 0 Å². The molecule has 0 radical (unpaired) electrons. The number of ether oxygens (including phenoxy) is 1. The quantitative estimate of drug-likeness (QED) is 0.768. The molecule has 0 saturated carbocycles. The SMILES string of the molecule is CC(C)OC[C@@H](N)c1ccccc1. The van der Waals surface area contributed by atoms with Crippen molar-refractivity contribution in [3.8, 4) is 0 Å². The molecule has 2 heteroatoms. The zero-order valence-electron chi connectivity index (χ0n) is 8.23. The van der Waals surface area contributed by atoms with E-state index in [1.165, 1.54) is 0 Å². The second-order valence-electron chi connectivity index (χ2n) is 3.40. The number of nitrogens with two attached hydrogens (primary N) is 1. The van der Waals surface area contributed by atoms with Gasteiger partial charge < -0.3 is 10.5 Å². The first-order chi connectivity index (χ1) is 6.20. The molecular weight excluding hydrogens is 162 g/mol. The molecule has 0 aromatic heterocycles. The van der Waals surface area contributed by atoms with Crippen LogP contribution in [0.15, 0.2) is 30.3 Å². The Balaban J connectivity index is 2.44. The van der Waals surface area contributed by atoms with Crippen LogP contribution in [0.2, 0.25) is 0 Å². The van der Waals surface area contributed by atoms with Gasteiger partial charge >= 0.3 is 0 Å². The maximum atomic E-state index is 5.92. The molecule has 2 N–H and O–H groups in total. The van der Waals surface area contributed by atoms with Gasteiger partial charge in [0.05, 0.1) is 18.8 Å². The van der Waals surface area contributed by atoms with Gasteiger partial charge in [0, 0.05) is 0 Å². The van der Waals surface area contributed by atoms with Crippen molar-refractivity contribution in [1.29, 1.82) is 0 Å². The minimum absolute atomic E-state index is 0.0106. The monoisotopic (exact) mass is 179 g/mol. The van der Waals surface area contributed by atoms with E-state index in [1.54, 1.807) is 0 Å². The molecule has 0 unspecified atom stereocenters. The van der Waals surface area contributed by atoms with Crippen molar-refractivity contribution < 1.29 is 4.74 Å². The highest BCUT2D eigenvalue weighted by atomic mass is 16.5. The second-order valence-corrected chi connectivity index (χ2v) is 3.40. The van der Waals surface area contributed by atoms with Crippen LogP contribution in [0.25, 0.3) is 0 Å². The van der Waals surface area contributed by atoms with E-state index in [-0.39, 0.29) is 12.1 Å². The van der Waals surface area contributed by atoms with Gasteiger partial charge in [-0.3, -0.25) is 0 Å². The zero-order chi connectivity index (χ0) is 9.68. The smallest absolute Gasteiger partial charge is 0.0662 e. The van der Waals surface area contributed by atoms with Crippen LogP contribution in [0.5, 0.6) is 0 Å². The first-order valence-corrected chi connectivity index (χ1v) is 4.62. The number of hydrogen-bond acceptors (Lipinski definition) is 2. The fourth-order valence-corrected chi connectivity index (χ4v) is 1.09. The average Bonchev–Trinajstić information content (AvgIpc) is 2.15. The predicted molar refractivity (Wildman–Crippen MR) is 54.5 cm³/mol. The van der Waals surface area contributed by atoms with Crippen molar-refractivity contribution in [3.05, 3.63) is 35.9 Å². The van der Waals surface area contributed by atoms with Gasteiger partial charge in [0.1, 0.15) is 0 Å². The molecule has 1 atom stereocenters. The molecule has 72 valence electrons. The van der Waals surface area contributed by atoms with E-state index in [1.807, 2.05) is 44.2 Å². The molecule has 0 aliphatic carbocycles. The fraction of sp³-hybridized carbons (Fsp3) is 0.455. The lowest BCUT2D eigenvalue weighted by Crippen LogP contribution is -2.19. The van der Waals surface area contributed by atoms with Gasteiger partial charge in [-0.25, -0.2) is 0 Å². The first kappa shape index (κ1) is 10.2. The van der Waals surface area contributed by atoms with Gasteiger partial charge in [-0.05, 0) is 19.4 Å². The van der Waals surface area contributed by atoms with Crippen LogP contribution in [0.3, 0.4) is 0 Å². The molecule has 0 aliphatic heterocycles. The van der Waals surface area contributed by atoms with Crippen molar-refractivity contribution >= 4 is 0 Å². The molecule has 0 fully saturated rings. The van der Waals surface area contributed by atoms with Crippen molar-refractivity contribution in [2.24, 2.45) is 5.73 Å². The lowest BCUT2D eigenvalue weighted by molar-refractivity contribution is 0.0683. The normalized spacial score (nSPS) is 13.2. The molecule has 1 rings (SSSR count). The third-order valence-electron chi connectivity index (χ3n) is 1.84. The molecule has 0 saturated heterocycles. The molecule has 0 amide bonds. The van der Waals surface area contributed by atoms with E-state index >= 15 is 0 Å². The number of hydrogen-bond donors (Lipinski definition) is 1. The molecule has 0 bridgehead atoms. The fourth-order valence-electron chi connectivity index (χ4n) is 1.09. The molecule has 1 aromatic rings. The minimum atomic E-state index is -0.0106.